The van der Waals surface area contributed by atoms with Crippen LogP contribution in [0.5, 0.6) is 0 Å². The number of hydrogen-bond donors (Lipinski definition) is 2. The highest BCUT2D eigenvalue weighted by molar-refractivity contribution is 5.77. The Morgan fingerprint density at radius 3 is 3.00 bits per heavy atom. The standard InChI is InChI=1S/C18H26N6O/c25-17-2-5-18(13-24(17)9-3-15-10-19-14-22-15)4-1-8-23(12-18)11-16-20-6-7-21-16/h6-7,10,14H,1-5,8-9,11-13H2,(H,19,22)(H,20,21). The van der Waals surface area contributed by atoms with Gasteiger partial charge >= 0.3 is 0 Å². The van der Waals surface area contributed by atoms with Crippen LogP contribution in [-0.2, 0) is 17.8 Å². The molecule has 2 N–H and O–H groups in total. The van der Waals surface area contributed by atoms with Crippen molar-refractivity contribution in [3.8, 4) is 0 Å². The number of imidazole rings is 2. The summed E-state index contributed by atoms with van der Waals surface area (Å²) in [6, 6.07) is 0. The average Bonchev–Trinajstić information content (AvgIpc) is 3.30. The molecular weight excluding hydrogens is 316 g/mol. The molecule has 2 aliphatic heterocycles. The predicted octanol–water partition coefficient (Wildman–Crippen LogP) is 1.58. The highest BCUT2D eigenvalue weighted by Gasteiger charge is 2.41. The summed E-state index contributed by atoms with van der Waals surface area (Å²) in [6.07, 6.45) is 12.2. The SMILES string of the molecule is O=C1CCC2(CCCN(Cc3ncc[nH]3)C2)CN1CCc1cnc[nH]1. The number of aromatic amines is 2. The summed E-state index contributed by atoms with van der Waals surface area (Å²) in [7, 11) is 0. The van der Waals surface area contributed by atoms with E-state index in [1.165, 1.54) is 12.8 Å². The Morgan fingerprint density at radius 1 is 1.24 bits per heavy atom. The van der Waals surface area contributed by atoms with Gasteiger partial charge in [0.05, 0.1) is 12.9 Å². The van der Waals surface area contributed by atoms with Crippen LogP contribution in [0.15, 0.2) is 24.9 Å². The van der Waals surface area contributed by atoms with Crippen LogP contribution in [0.4, 0.5) is 0 Å². The Morgan fingerprint density at radius 2 is 2.20 bits per heavy atom. The molecule has 1 atom stereocenters. The molecule has 1 spiro atoms. The van der Waals surface area contributed by atoms with Gasteiger partial charge in [0, 0.05) is 62.2 Å². The number of carbonyl (C=O) groups is 1. The van der Waals surface area contributed by atoms with Gasteiger partial charge in [0.25, 0.3) is 0 Å². The van der Waals surface area contributed by atoms with Crippen molar-refractivity contribution in [2.45, 2.75) is 38.6 Å². The first-order chi connectivity index (χ1) is 12.2. The van der Waals surface area contributed by atoms with Crippen LogP contribution in [0.25, 0.3) is 0 Å². The van der Waals surface area contributed by atoms with Crippen molar-refractivity contribution in [2.24, 2.45) is 5.41 Å². The van der Waals surface area contributed by atoms with Crippen LogP contribution >= 0.6 is 0 Å². The van der Waals surface area contributed by atoms with Gasteiger partial charge in [-0.05, 0) is 25.8 Å². The summed E-state index contributed by atoms with van der Waals surface area (Å²) in [4.78, 5) is 31.7. The molecule has 0 bridgehead atoms. The van der Waals surface area contributed by atoms with Crippen LogP contribution in [0.3, 0.4) is 0 Å². The minimum atomic E-state index is 0.243. The number of nitrogens with one attached hydrogen (secondary N) is 2. The molecule has 0 aliphatic carbocycles. The molecule has 4 heterocycles. The molecule has 25 heavy (non-hydrogen) atoms. The van der Waals surface area contributed by atoms with Gasteiger partial charge in [-0.25, -0.2) is 9.97 Å². The van der Waals surface area contributed by atoms with E-state index in [4.69, 9.17) is 0 Å². The zero-order chi connectivity index (χ0) is 17.1. The normalized spacial score (nSPS) is 25.0. The van der Waals surface area contributed by atoms with E-state index >= 15 is 0 Å². The molecule has 2 aromatic rings. The third-order valence-corrected chi connectivity index (χ3v) is 5.62. The molecule has 1 unspecified atom stereocenters. The molecule has 1 amide bonds. The minimum absolute atomic E-state index is 0.243. The largest absolute Gasteiger partial charge is 0.348 e. The number of likely N-dealkylation sites (tertiary alicyclic amines) is 2. The third kappa shape index (κ3) is 3.76. The van der Waals surface area contributed by atoms with E-state index in [0.717, 1.165) is 57.1 Å². The lowest BCUT2D eigenvalue weighted by Gasteiger charge is -2.48. The van der Waals surface area contributed by atoms with Crippen molar-refractivity contribution in [1.82, 2.24) is 29.7 Å². The van der Waals surface area contributed by atoms with Crippen molar-refractivity contribution in [1.29, 1.82) is 0 Å². The van der Waals surface area contributed by atoms with Crippen LogP contribution in [0.1, 0.15) is 37.2 Å². The fourth-order valence-corrected chi connectivity index (χ4v) is 4.36. The first kappa shape index (κ1) is 16.3. The number of aromatic nitrogens is 4. The summed E-state index contributed by atoms with van der Waals surface area (Å²) in [5.41, 5.74) is 1.34. The molecule has 7 heteroatoms. The Labute approximate surface area is 147 Å². The van der Waals surface area contributed by atoms with E-state index in [9.17, 15) is 4.79 Å². The molecule has 0 saturated carbocycles. The highest BCUT2D eigenvalue weighted by Crippen LogP contribution is 2.39. The Balaban J connectivity index is 1.39. The summed E-state index contributed by atoms with van der Waals surface area (Å²) in [5.74, 6) is 1.33. The molecular formula is C18H26N6O. The Kier molecular flexibility index (Phi) is 4.57. The molecule has 0 radical (unpaired) electrons. The van der Waals surface area contributed by atoms with Gasteiger partial charge < -0.3 is 14.9 Å². The van der Waals surface area contributed by atoms with Crippen molar-refractivity contribution < 1.29 is 4.79 Å². The molecule has 2 fully saturated rings. The van der Waals surface area contributed by atoms with E-state index < -0.39 is 0 Å². The predicted molar refractivity (Wildman–Crippen MR) is 93.6 cm³/mol. The lowest BCUT2D eigenvalue weighted by atomic mass is 9.73. The molecule has 4 rings (SSSR count). The summed E-state index contributed by atoms with van der Waals surface area (Å²) in [6.45, 7) is 4.71. The van der Waals surface area contributed by atoms with E-state index in [2.05, 4.69) is 29.7 Å². The van der Waals surface area contributed by atoms with E-state index in [1.54, 1.807) is 6.33 Å². The van der Waals surface area contributed by atoms with E-state index in [-0.39, 0.29) is 5.41 Å². The topological polar surface area (TPSA) is 80.9 Å². The molecule has 2 saturated heterocycles. The van der Waals surface area contributed by atoms with Crippen LogP contribution in [0, 0.1) is 5.41 Å². The molecule has 134 valence electrons. The van der Waals surface area contributed by atoms with Gasteiger partial charge in [-0.2, -0.15) is 0 Å². The highest BCUT2D eigenvalue weighted by atomic mass is 16.2. The minimum Gasteiger partial charge on any atom is -0.348 e. The van der Waals surface area contributed by atoms with Crippen molar-refractivity contribution >= 4 is 5.91 Å². The lowest BCUT2D eigenvalue weighted by molar-refractivity contribution is -0.139. The number of hydrogen-bond acceptors (Lipinski definition) is 4. The van der Waals surface area contributed by atoms with E-state index in [0.29, 0.717) is 12.3 Å². The number of amides is 1. The van der Waals surface area contributed by atoms with Crippen molar-refractivity contribution in [3.63, 3.8) is 0 Å². The first-order valence-electron chi connectivity index (χ1n) is 9.18. The zero-order valence-electron chi connectivity index (χ0n) is 14.6. The molecule has 2 aliphatic rings. The summed E-state index contributed by atoms with van der Waals surface area (Å²) < 4.78 is 0. The Hall–Kier alpha value is -2.15. The van der Waals surface area contributed by atoms with Gasteiger partial charge in [0.1, 0.15) is 5.82 Å². The fourth-order valence-electron chi connectivity index (χ4n) is 4.36. The number of carbonyl (C=O) groups excluding carboxylic acids is 1. The number of nitrogens with zero attached hydrogens (tertiary/aromatic N) is 4. The zero-order valence-corrected chi connectivity index (χ0v) is 14.6. The number of rotatable bonds is 5. The second-order valence-corrected chi connectivity index (χ2v) is 7.49. The quantitative estimate of drug-likeness (QED) is 0.864. The van der Waals surface area contributed by atoms with E-state index in [1.807, 2.05) is 18.6 Å². The number of piperidine rings is 2. The fraction of sp³-hybridized carbons (Fsp3) is 0.611. The van der Waals surface area contributed by atoms with Crippen molar-refractivity contribution in [2.75, 3.05) is 26.2 Å². The van der Waals surface area contributed by atoms with Gasteiger partial charge in [0.15, 0.2) is 0 Å². The maximum absolute atomic E-state index is 12.4. The monoisotopic (exact) mass is 342 g/mol. The second-order valence-electron chi connectivity index (χ2n) is 7.49. The van der Waals surface area contributed by atoms with Crippen LogP contribution < -0.4 is 0 Å². The van der Waals surface area contributed by atoms with Crippen LogP contribution in [0.2, 0.25) is 0 Å². The summed E-state index contributed by atoms with van der Waals surface area (Å²) >= 11 is 0. The maximum atomic E-state index is 12.4. The third-order valence-electron chi connectivity index (χ3n) is 5.62. The molecule has 2 aromatic heterocycles. The Bertz CT molecular complexity index is 683. The molecule has 0 aromatic carbocycles. The van der Waals surface area contributed by atoms with Gasteiger partial charge in [-0.1, -0.05) is 0 Å². The smallest absolute Gasteiger partial charge is 0.222 e. The second kappa shape index (κ2) is 7.00. The number of H-pyrrole nitrogens is 2. The maximum Gasteiger partial charge on any atom is 0.222 e. The van der Waals surface area contributed by atoms with Crippen molar-refractivity contribution in [3.05, 3.63) is 36.4 Å². The van der Waals surface area contributed by atoms with Crippen LogP contribution in [-0.4, -0.2) is 61.8 Å². The average molecular weight is 342 g/mol. The lowest BCUT2D eigenvalue weighted by Crippen LogP contribution is -2.54. The summed E-state index contributed by atoms with van der Waals surface area (Å²) in [5, 5.41) is 0. The van der Waals surface area contributed by atoms with Gasteiger partial charge in [-0.15, -0.1) is 0 Å². The molecule has 7 nitrogen and oxygen atoms in total. The first-order valence-corrected chi connectivity index (χ1v) is 9.18. The van der Waals surface area contributed by atoms with Gasteiger partial charge in [-0.3, -0.25) is 9.69 Å². The van der Waals surface area contributed by atoms with Gasteiger partial charge in [0.2, 0.25) is 5.91 Å².